The number of rotatable bonds is 6. The highest BCUT2D eigenvalue weighted by molar-refractivity contribution is 7.89. The van der Waals surface area contributed by atoms with Gasteiger partial charge in [0.1, 0.15) is 0 Å². The second kappa shape index (κ2) is 9.86. The molecule has 0 unspecified atom stereocenters. The monoisotopic (exact) mass is 468 g/mol. The third-order valence-corrected chi connectivity index (χ3v) is 7.96. The molecule has 1 saturated heterocycles. The molecule has 0 aromatic heterocycles. The second-order valence-electron chi connectivity index (χ2n) is 7.93. The Balaban J connectivity index is 1.55. The number of benzene rings is 3. The van der Waals surface area contributed by atoms with Crippen molar-refractivity contribution in [1.82, 2.24) is 9.62 Å². The minimum absolute atomic E-state index is 0.139. The molecule has 4 rings (SSSR count). The second-order valence-corrected chi connectivity index (χ2v) is 10.3. The third kappa shape index (κ3) is 5.04. The van der Waals surface area contributed by atoms with Crippen LogP contribution >= 0.6 is 11.6 Å². The minimum atomic E-state index is -3.76. The number of nitrogens with zero attached hydrogens (tertiary/aromatic N) is 1. The molecule has 3 aromatic carbocycles. The summed E-state index contributed by atoms with van der Waals surface area (Å²) < 4.78 is 28.6. The molecule has 166 valence electrons. The number of halogens is 1. The topological polar surface area (TPSA) is 66.5 Å². The molecule has 3 aromatic rings. The van der Waals surface area contributed by atoms with Crippen molar-refractivity contribution in [3.63, 3.8) is 0 Å². The molecular formula is C25H25ClN2O3S. The van der Waals surface area contributed by atoms with Crippen molar-refractivity contribution < 1.29 is 13.2 Å². The van der Waals surface area contributed by atoms with Crippen LogP contribution in [0.4, 0.5) is 0 Å². The standard InChI is InChI=1S/C25H25ClN2O3S/c26-22-14-11-19(12-15-22)17-27-25(29)21-13-16-24(20-7-3-1-4-8-20)28(18-21)32(30,31)23-9-5-2-6-10-23/h1-12,14-15,21,24H,13,16-18H2,(H,27,29)/t21-,24-/m1/s1. The van der Waals surface area contributed by atoms with Crippen LogP contribution in [0, 0.1) is 5.92 Å². The zero-order chi connectivity index (χ0) is 22.6. The Bertz CT molecular complexity index is 1150. The van der Waals surface area contributed by atoms with E-state index >= 15 is 0 Å². The van der Waals surface area contributed by atoms with E-state index in [2.05, 4.69) is 5.32 Å². The number of nitrogens with one attached hydrogen (secondary N) is 1. The summed E-state index contributed by atoms with van der Waals surface area (Å²) in [4.78, 5) is 13.2. The Morgan fingerprint density at radius 3 is 2.19 bits per heavy atom. The van der Waals surface area contributed by atoms with Crippen molar-refractivity contribution in [3.05, 3.63) is 101 Å². The summed E-state index contributed by atoms with van der Waals surface area (Å²) >= 11 is 5.92. The van der Waals surface area contributed by atoms with Crippen LogP contribution in [0.25, 0.3) is 0 Å². The van der Waals surface area contributed by atoms with E-state index in [1.165, 1.54) is 4.31 Å². The normalized spacial score (nSPS) is 19.4. The van der Waals surface area contributed by atoms with Gasteiger partial charge in [0.2, 0.25) is 15.9 Å². The molecule has 7 heteroatoms. The van der Waals surface area contributed by atoms with Gasteiger partial charge in [0.05, 0.1) is 16.9 Å². The van der Waals surface area contributed by atoms with Gasteiger partial charge in [-0.05, 0) is 48.2 Å². The Morgan fingerprint density at radius 1 is 0.906 bits per heavy atom. The predicted molar refractivity (Wildman–Crippen MR) is 126 cm³/mol. The highest BCUT2D eigenvalue weighted by Gasteiger charge is 2.39. The maximum Gasteiger partial charge on any atom is 0.243 e. The van der Waals surface area contributed by atoms with Crippen molar-refractivity contribution in [1.29, 1.82) is 0 Å². The highest BCUT2D eigenvalue weighted by atomic mass is 35.5. The Kier molecular flexibility index (Phi) is 6.94. The molecule has 5 nitrogen and oxygen atoms in total. The van der Waals surface area contributed by atoms with Gasteiger partial charge < -0.3 is 5.32 Å². The molecule has 1 heterocycles. The van der Waals surface area contributed by atoms with Gasteiger partial charge in [-0.3, -0.25) is 4.79 Å². The van der Waals surface area contributed by atoms with Crippen LogP contribution in [0.1, 0.15) is 30.0 Å². The van der Waals surface area contributed by atoms with E-state index in [9.17, 15) is 13.2 Å². The largest absolute Gasteiger partial charge is 0.352 e. The zero-order valence-corrected chi connectivity index (χ0v) is 19.1. The zero-order valence-electron chi connectivity index (χ0n) is 17.5. The first-order valence-corrected chi connectivity index (χ1v) is 12.4. The third-order valence-electron chi connectivity index (χ3n) is 5.82. The molecule has 0 radical (unpaired) electrons. The van der Waals surface area contributed by atoms with Crippen LogP contribution in [0.3, 0.4) is 0 Å². The maximum atomic E-state index is 13.5. The van der Waals surface area contributed by atoms with Crippen molar-refractivity contribution in [2.75, 3.05) is 6.54 Å². The average Bonchev–Trinajstić information content (AvgIpc) is 2.84. The van der Waals surface area contributed by atoms with Crippen molar-refractivity contribution in [2.24, 2.45) is 5.92 Å². The molecular weight excluding hydrogens is 444 g/mol. The lowest BCUT2D eigenvalue weighted by Gasteiger charge is -2.38. The van der Waals surface area contributed by atoms with Crippen molar-refractivity contribution in [3.8, 4) is 0 Å². The van der Waals surface area contributed by atoms with E-state index in [-0.39, 0.29) is 23.4 Å². The van der Waals surface area contributed by atoms with Gasteiger partial charge in [-0.1, -0.05) is 72.3 Å². The van der Waals surface area contributed by atoms with E-state index in [1.807, 2.05) is 42.5 Å². The molecule has 1 fully saturated rings. The number of hydrogen-bond acceptors (Lipinski definition) is 3. The highest BCUT2D eigenvalue weighted by Crippen LogP contribution is 2.37. The number of carbonyl (C=O) groups is 1. The number of sulfonamides is 1. The Hall–Kier alpha value is -2.67. The molecule has 1 aliphatic rings. The van der Waals surface area contributed by atoms with Crippen LogP contribution < -0.4 is 5.32 Å². The van der Waals surface area contributed by atoms with Gasteiger partial charge in [-0.25, -0.2) is 8.42 Å². The van der Waals surface area contributed by atoms with E-state index in [0.29, 0.717) is 24.4 Å². The van der Waals surface area contributed by atoms with Gasteiger partial charge in [0.25, 0.3) is 0 Å². The molecule has 0 aliphatic carbocycles. The lowest BCUT2D eigenvalue weighted by molar-refractivity contribution is -0.126. The molecule has 2 atom stereocenters. The average molecular weight is 469 g/mol. The van der Waals surface area contributed by atoms with Crippen LogP contribution in [-0.4, -0.2) is 25.2 Å². The van der Waals surface area contributed by atoms with E-state index in [0.717, 1.165) is 11.1 Å². The van der Waals surface area contributed by atoms with E-state index in [1.54, 1.807) is 42.5 Å². The maximum absolute atomic E-state index is 13.5. The summed E-state index contributed by atoms with van der Waals surface area (Å²) in [5, 5.41) is 3.59. The van der Waals surface area contributed by atoms with Gasteiger partial charge in [0.15, 0.2) is 0 Å². The van der Waals surface area contributed by atoms with E-state index in [4.69, 9.17) is 11.6 Å². The molecule has 1 N–H and O–H groups in total. The minimum Gasteiger partial charge on any atom is -0.352 e. The summed E-state index contributed by atoms with van der Waals surface area (Å²) in [7, 11) is -3.76. The van der Waals surface area contributed by atoms with Crippen molar-refractivity contribution >= 4 is 27.5 Å². The van der Waals surface area contributed by atoms with E-state index < -0.39 is 15.9 Å². The fraction of sp³-hybridized carbons (Fsp3) is 0.240. The van der Waals surface area contributed by atoms with Gasteiger partial charge in [0, 0.05) is 18.1 Å². The molecule has 0 saturated carbocycles. The molecule has 0 spiro atoms. The summed E-state index contributed by atoms with van der Waals surface area (Å²) in [6.07, 6.45) is 1.20. The van der Waals surface area contributed by atoms with Gasteiger partial charge >= 0.3 is 0 Å². The number of piperidine rings is 1. The summed E-state index contributed by atoms with van der Waals surface area (Å²) in [6, 6.07) is 25.0. The molecule has 0 bridgehead atoms. The Morgan fingerprint density at radius 2 is 1.53 bits per heavy atom. The first-order chi connectivity index (χ1) is 15.4. The first kappa shape index (κ1) is 22.5. The quantitative estimate of drug-likeness (QED) is 0.565. The van der Waals surface area contributed by atoms with Crippen LogP contribution in [0.15, 0.2) is 89.8 Å². The van der Waals surface area contributed by atoms with Crippen LogP contribution in [0.5, 0.6) is 0 Å². The number of carbonyl (C=O) groups excluding carboxylic acids is 1. The first-order valence-electron chi connectivity index (χ1n) is 10.6. The molecule has 32 heavy (non-hydrogen) atoms. The van der Waals surface area contributed by atoms with Crippen molar-refractivity contribution in [2.45, 2.75) is 30.3 Å². The number of hydrogen-bond donors (Lipinski definition) is 1. The van der Waals surface area contributed by atoms with Crippen LogP contribution in [-0.2, 0) is 21.4 Å². The SMILES string of the molecule is O=C(NCc1ccc(Cl)cc1)[C@@H]1CC[C@H](c2ccccc2)N(S(=O)(=O)c2ccccc2)C1. The lowest BCUT2D eigenvalue weighted by Crippen LogP contribution is -2.46. The van der Waals surface area contributed by atoms with Gasteiger partial charge in [-0.2, -0.15) is 4.31 Å². The van der Waals surface area contributed by atoms with Crippen LogP contribution in [0.2, 0.25) is 5.02 Å². The fourth-order valence-electron chi connectivity index (χ4n) is 4.09. The Labute approximate surface area is 194 Å². The predicted octanol–water partition coefficient (Wildman–Crippen LogP) is 4.80. The smallest absolute Gasteiger partial charge is 0.243 e. The number of amides is 1. The van der Waals surface area contributed by atoms with Gasteiger partial charge in [-0.15, -0.1) is 0 Å². The lowest BCUT2D eigenvalue weighted by atomic mass is 9.90. The molecule has 1 amide bonds. The summed E-state index contributed by atoms with van der Waals surface area (Å²) in [6.45, 7) is 0.517. The fourth-order valence-corrected chi connectivity index (χ4v) is 5.93. The summed E-state index contributed by atoms with van der Waals surface area (Å²) in [5.41, 5.74) is 1.88. The summed E-state index contributed by atoms with van der Waals surface area (Å²) in [5.74, 6) is -0.555. The molecule has 1 aliphatic heterocycles.